The minimum absolute atomic E-state index is 0.00800. The average molecular weight is 517 g/mol. The first-order valence-corrected chi connectivity index (χ1v) is 14.9. The summed E-state index contributed by atoms with van der Waals surface area (Å²) < 4.78 is 6.09. The summed E-state index contributed by atoms with van der Waals surface area (Å²) in [7, 11) is 0. The zero-order valence-electron chi connectivity index (χ0n) is 24.4. The van der Waals surface area contributed by atoms with Crippen molar-refractivity contribution in [1.29, 1.82) is 0 Å². The molecule has 0 aliphatic heterocycles. The number of allylic oxidation sites excluding steroid dienone is 2. The van der Waals surface area contributed by atoms with Gasteiger partial charge in [-0.05, 0) is 103 Å². The van der Waals surface area contributed by atoms with Gasteiger partial charge in [0.2, 0.25) is 0 Å². The van der Waals surface area contributed by atoms with Crippen LogP contribution in [-0.2, 0) is 9.53 Å². The fourth-order valence-electron chi connectivity index (χ4n) is 11.1. The quantitative estimate of drug-likeness (QED) is 0.386. The molecule has 9 atom stereocenters. The normalized spacial score (nSPS) is 50.1. The van der Waals surface area contributed by atoms with Crippen LogP contribution in [0.1, 0.15) is 106 Å². The second kappa shape index (κ2) is 8.54. The summed E-state index contributed by atoms with van der Waals surface area (Å²) in [6, 6.07) is 0. The van der Waals surface area contributed by atoms with E-state index in [1.165, 1.54) is 5.57 Å². The number of rotatable bonds is 4. The maximum atomic E-state index is 12.8. The predicted molar refractivity (Wildman–Crippen MR) is 145 cm³/mol. The van der Waals surface area contributed by atoms with Gasteiger partial charge in [-0.2, -0.15) is 0 Å². The average Bonchev–Trinajstić information content (AvgIpc) is 2.80. The lowest BCUT2D eigenvalue weighted by molar-refractivity contribution is -0.240. The van der Waals surface area contributed by atoms with Crippen LogP contribution in [0.15, 0.2) is 11.6 Å². The van der Waals surface area contributed by atoms with Gasteiger partial charge >= 0.3 is 5.97 Å². The molecule has 0 heterocycles. The van der Waals surface area contributed by atoms with Gasteiger partial charge in [-0.15, -0.1) is 0 Å². The van der Waals surface area contributed by atoms with Gasteiger partial charge in [0.25, 0.3) is 0 Å². The molecule has 210 valence electrons. The third kappa shape index (κ3) is 3.62. The SMILES string of the molecule is CC1(C)CCC2(C(=O)O)CCC3(C)C(=CCC4C5(C)CC(OCCO)C(O)C(C)(C)C5CCC43C)C2C1. The standard InChI is InChI=1S/C32H52O5/c1-27(2)12-14-32(26(35)36)15-13-30(6)20(21(32)18-27)8-9-24-29(5)19-22(37-17-16-33)25(34)28(3,4)23(29)10-11-31(24,30)7/h8,21-25,33-34H,9-19H2,1-7H3,(H,35,36). The molecule has 0 aromatic heterocycles. The van der Waals surface area contributed by atoms with Gasteiger partial charge in [0, 0.05) is 0 Å². The van der Waals surface area contributed by atoms with E-state index in [9.17, 15) is 20.1 Å². The van der Waals surface area contributed by atoms with Crippen molar-refractivity contribution in [3.63, 3.8) is 0 Å². The number of hydrogen-bond acceptors (Lipinski definition) is 4. The molecule has 37 heavy (non-hydrogen) atoms. The minimum atomic E-state index is -0.606. The maximum Gasteiger partial charge on any atom is 0.310 e. The molecule has 5 aliphatic rings. The zero-order chi connectivity index (χ0) is 27.2. The van der Waals surface area contributed by atoms with Crippen LogP contribution in [0.2, 0.25) is 0 Å². The van der Waals surface area contributed by atoms with Gasteiger partial charge in [-0.3, -0.25) is 4.79 Å². The molecule has 0 amide bonds. The molecule has 0 saturated heterocycles. The Kier molecular flexibility index (Phi) is 6.38. The fourth-order valence-corrected chi connectivity index (χ4v) is 11.1. The summed E-state index contributed by atoms with van der Waals surface area (Å²) in [6.45, 7) is 16.8. The third-order valence-corrected chi connectivity index (χ3v) is 13.4. The number of carboxylic acid groups (broad SMARTS) is 1. The van der Waals surface area contributed by atoms with Gasteiger partial charge in [-0.1, -0.05) is 60.1 Å². The molecule has 4 fully saturated rings. The molecule has 9 unspecified atom stereocenters. The first kappa shape index (κ1) is 27.6. The van der Waals surface area contributed by atoms with Crippen molar-refractivity contribution in [1.82, 2.24) is 0 Å². The molecular weight excluding hydrogens is 464 g/mol. The largest absolute Gasteiger partial charge is 0.481 e. The van der Waals surface area contributed by atoms with E-state index < -0.39 is 17.5 Å². The lowest BCUT2D eigenvalue weighted by atomic mass is 9.33. The number of ether oxygens (including phenoxy) is 1. The number of aliphatic hydroxyl groups is 2. The summed E-state index contributed by atoms with van der Waals surface area (Å²) >= 11 is 0. The Balaban J connectivity index is 1.58. The van der Waals surface area contributed by atoms with Crippen LogP contribution in [-0.4, -0.2) is 46.7 Å². The Hall–Kier alpha value is -0.910. The lowest BCUT2D eigenvalue weighted by Crippen LogP contribution is -2.67. The van der Waals surface area contributed by atoms with Crippen molar-refractivity contribution in [2.24, 2.45) is 50.2 Å². The molecule has 0 spiro atoms. The van der Waals surface area contributed by atoms with Crippen LogP contribution >= 0.6 is 0 Å². The van der Waals surface area contributed by atoms with E-state index in [1.807, 2.05) is 0 Å². The lowest BCUT2D eigenvalue weighted by Gasteiger charge is -2.71. The fraction of sp³-hybridized carbons (Fsp3) is 0.906. The number of aliphatic carboxylic acids is 1. The van der Waals surface area contributed by atoms with Crippen molar-refractivity contribution >= 4 is 5.97 Å². The van der Waals surface area contributed by atoms with Gasteiger partial charge in [0.15, 0.2) is 0 Å². The van der Waals surface area contributed by atoms with E-state index in [4.69, 9.17) is 4.74 Å². The highest BCUT2D eigenvalue weighted by Crippen LogP contribution is 2.75. The summed E-state index contributed by atoms with van der Waals surface area (Å²) in [5.41, 5.74) is 0.831. The first-order valence-electron chi connectivity index (χ1n) is 14.9. The van der Waals surface area contributed by atoms with E-state index >= 15 is 0 Å². The number of aliphatic hydroxyl groups excluding tert-OH is 2. The molecular formula is C32H52O5. The number of fused-ring (bicyclic) bond motifs is 7. The Labute approximate surface area is 224 Å². The third-order valence-electron chi connectivity index (χ3n) is 13.4. The van der Waals surface area contributed by atoms with Crippen molar-refractivity contribution < 1.29 is 24.9 Å². The van der Waals surface area contributed by atoms with Gasteiger partial charge < -0.3 is 20.1 Å². The van der Waals surface area contributed by atoms with Crippen LogP contribution in [0.5, 0.6) is 0 Å². The highest BCUT2D eigenvalue weighted by Gasteiger charge is 2.70. The van der Waals surface area contributed by atoms with E-state index in [0.29, 0.717) is 11.8 Å². The highest BCUT2D eigenvalue weighted by atomic mass is 16.5. The minimum Gasteiger partial charge on any atom is -0.481 e. The summed E-state index contributed by atoms with van der Waals surface area (Å²) in [5, 5.41) is 31.4. The topological polar surface area (TPSA) is 87.0 Å². The predicted octanol–water partition coefficient (Wildman–Crippen LogP) is 6.22. The van der Waals surface area contributed by atoms with Crippen LogP contribution in [0, 0.1) is 50.2 Å². The summed E-state index contributed by atoms with van der Waals surface area (Å²) in [5.74, 6) is 0.399. The summed E-state index contributed by atoms with van der Waals surface area (Å²) in [4.78, 5) is 12.8. The Morgan fingerprint density at radius 2 is 1.65 bits per heavy atom. The molecule has 3 N–H and O–H groups in total. The monoisotopic (exact) mass is 516 g/mol. The molecule has 0 bridgehead atoms. The molecule has 5 heteroatoms. The first-order chi connectivity index (χ1) is 17.1. The van der Waals surface area contributed by atoms with Gasteiger partial charge in [0.1, 0.15) is 0 Å². The summed E-state index contributed by atoms with van der Waals surface area (Å²) in [6.07, 6.45) is 10.2. The smallest absolute Gasteiger partial charge is 0.310 e. The van der Waals surface area contributed by atoms with E-state index in [1.54, 1.807) is 0 Å². The molecule has 4 saturated carbocycles. The van der Waals surface area contributed by atoms with Crippen molar-refractivity contribution in [3.8, 4) is 0 Å². The zero-order valence-corrected chi connectivity index (χ0v) is 24.4. The van der Waals surface area contributed by atoms with Crippen molar-refractivity contribution in [2.75, 3.05) is 13.2 Å². The Bertz CT molecular complexity index is 968. The van der Waals surface area contributed by atoms with Crippen molar-refractivity contribution in [3.05, 3.63) is 11.6 Å². The van der Waals surface area contributed by atoms with Gasteiger partial charge in [0.05, 0.1) is 30.8 Å². The van der Waals surface area contributed by atoms with E-state index in [2.05, 4.69) is 54.5 Å². The second-order valence-electron chi connectivity index (χ2n) is 15.8. The van der Waals surface area contributed by atoms with Gasteiger partial charge in [-0.25, -0.2) is 0 Å². The van der Waals surface area contributed by atoms with E-state index in [-0.39, 0.29) is 52.3 Å². The Morgan fingerprint density at radius 1 is 0.973 bits per heavy atom. The van der Waals surface area contributed by atoms with Crippen LogP contribution < -0.4 is 0 Å². The molecule has 5 nitrogen and oxygen atoms in total. The molecule has 0 aromatic carbocycles. The molecule has 0 aromatic rings. The second-order valence-corrected chi connectivity index (χ2v) is 15.8. The molecule has 5 rings (SSSR count). The number of carbonyl (C=O) groups is 1. The van der Waals surface area contributed by atoms with E-state index in [0.717, 1.165) is 57.8 Å². The van der Waals surface area contributed by atoms with Crippen LogP contribution in [0.25, 0.3) is 0 Å². The maximum absolute atomic E-state index is 12.8. The van der Waals surface area contributed by atoms with Crippen LogP contribution in [0.3, 0.4) is 0 Å². The highest BCUT2D eigenvalue weighted by molar-refractivity contribution is 5.76. The van der Waals surface area contributed by atoms with Crippen LogP contribution in [0.4, 0.5) is 0 Å². The molecule has 0 radical (unpaired) electrons. The number of carboxylic acids is 1. The Morgan fingerprint density at radius 3 is 2.30 bits per heavy atom. The number of hydrogen-bond donors (Lipinski definition) is 3. The van der Waals surface area contributed by atoms with Crippen molar-refractivity contribution in [2.45, 2.75) is 118 Å². The molecule has 5 aliphatic carbocycles.